The molecule has 0 bridgehead atoms. The number of tetrazole rings is 1. The molecule has 7 nitrogen and oxygen atoms in total. The van der Waals surface area contributed by atoms with Gasteiger partial charge in [0, 0.05) is 0 Å². The molecule has 1 aromatic heterocycles. The summed E-state index contributed by atoms with van der Waals surface area (Å²) in [5.41, 5.74) is 12.0. The number of aryl methyl sites for hydroxylation is 1. The first-order valence-corrected chi connectivity index (χ1v) is 7.26. The Kier molecular flexibility index (Phi) is 4.37. The van der Waals surface area contributed by atoms with Crippen molar-refractivity contribution in [3.8, 4) is 5.75 Å². The lowest BCUT2D eigenvalue weighted by molar-refractivity contribution is 0.306. The van der Waals surface area contributed by atoms with E-state index >= 15 is 0 Å². The highest BCUT2D eigenvalue weighted by Crippen LogP contribution is 2.14. The SMILES string of the molecule is Cc1ccc(COc2ccc(CNn3nnnc3N)cc2)cc1. The van der Waals surface area contributed by atoms with Crippen molar-refractivity contribution in [2.45, 2.75) is 20.1 Å². The van der Waals surface area contributed by atoms with E-state index in [2.05, 4.69) is 52.1 Å². The Morgan fingerprint density at radius 3 is 2.39 bits per heavy atom. The summed E-state index contributed by atoms with van der Waals surface area (Å²) in [5, 5.41) is 10.8. The quantitative estimate of drug-likeness (QED) is 0.722. The Hall–Kier alpha value is -3.09. The van der Waals surface area contributed by atoms with Crippen molar-refractivity contribution < 1.29 is 4.74 Å². The standard InChI is InChI=1S/C16H18N6O/c1-12-2-4-14(5-3-12)11-23-15-8-6-13(7-9-15)10-18-22-16(17)19-20-21-22/h2-9,18H,10-11H2,1H3,(H2,17,19,21). The van der Waals surface area contributed by atoms with Crippen LogP contribution in [-0.4, -0.2) is 20.3 Å². The number of rotatable bonds is 6. The predicted octanol–water partition coefficient (Wildman–Crippen LogP) is 1.89. The molecule has 0 spiro atoms. The van der Waals surface area contributed by atoms with E-state index in [1.54, 1.807) is 0 Å². The van der Waals surface area contributed by atoms with Crippen LogP contribution in [0.2, 0.25) is 0 Å². The number of ether oxygens (including phenoxy) is 1. The van der Waals surface area contributed by atoms with Crippen LogP contribution in [0.15, 0.2) is 48.5 Å². The molecule has 0 aliphatic rings. The summed E-state index contributed by atoms with van der Waals surface area (Å²) in [5.74, 6) is 1.05. The van der Waals surface area contributed by atoms with Crippen molar-refractivity contribution >= 4 is 5.95 Å². The molecule has 0 radical (unpaired) electrons. The Balaban J connectivity index is 1.52. The number of nitrogens with two attached hydrogens (primary N) is 1. The average Bonchev–Trinajstić information content (AvgIpc) is 2.98. The fourth-order valence-corrected chi connectivity index (χ4v) is 2.03. The predicted molar refractivity (Wildman–Crippen MR) is 87.2 cm³/mol. The number of hydrogen-bond acceptors (Lipinski definition) is 6. The fourth-order valence-electron chi connectivity index (χ4n) is 2.03. The lowest BCUT2D eigenvalue weighted by Crippen LogP contribution is -2.18. The van der Waals surface area contributed by atoms with Gasteiger partial charge < -0.3 is 15.9 Å². The number of hydrogen-bond donors (Lipinski definition) is 2. The molecule has 118 valence electrons. The Morgan fingerprint density at radius 1 is 1.04 bits per heavy atom. The zero-order chi connectivity index (χ0) is 16.1. The molecule has 7 heteroatoms. The van der Waals surface area contributed by atoms with Gasteiger partial charge >= 0.3 is 0 Å². The molecule has 1 heterocycles. The second kappa shape index (κ2) is 6.78. The zero-order valence-electron chi connectivity index (χ0n) is 12.8. The van der Waals surface area contributed by atoms with Gasteiger partial charge in [-0.05, 0) is 40.6 Å². The largest absolute Gasteiger partial charge is 0.489 e. The normalized spacial score (nSPS) is 10.5. The molecule has 0 atom stereocenters. The third-order valence-corrected chi connectivity index (χ3v) is 3.38. The van der Waals surface area contributed by atoms with Gasteiger partial charge in [0.25, 0.3) is 5.95 Å². The van der Waals surface area contributed by atoms with Gasteiger partial charge in [-0.1, -0.05) is 47.1 Å². The first-order valence-electron chi connectivity index (χ1n) is 7.26. The van der Waals surface area contributed by atoms with Crippen LogP contribution in [0.25, 0.3) is 0 Å². The van der Waals surface area contributed by atoms with Crippen molar-refractivity contribution in [3.63, 3.8) is 0 Å². The maximum Gasteiger partial charge on any atom is 0.260 e. The van der Waals surface area contributed by atoms with Crippen LogP contribution in [0, 0.1) is 6.92 Å². The van der Waals surface area contributed by atoms with Crippen LogP contribution in [0.3, 0.4) is 0 Å². The monoisotopic (exact) mass is 310 g/mol. The van der Waals surface area contributed by atoms with Crippen LogP contribution < -0.4 is 15.9 Å². The highest BCUT2D eigenvalue weighted by Gasteiger charge is 2.01. The second-order valence-corrected chi connectivity index (χ2v) is 5.20. The van der Waals surface area contributed by atoms with Gasteiger partial charge in [0.15, 0.2) is 0 Å². The first-order chi connectivity index (χ1) is 11.2. The fraction of sp³-hybridized carbons (Fsp3) is 0.188. The summed E-state index contributed by atoms with van der Waals surface area (Å²) in [6.07, 6.45) is 0. The van der Waals surface area contributed by atoms with Gasteiger partial charge in [-0.25, -0.2) is 0 Å². The number of anilines is 1. The van der Waals surface area contributed by atoms with E-state index in [4.69, 9.17) is 10.5 Å². The van der Waals surface area contributed by atoms with E-state index in [0.29, 0.717) is 13.2 Å². The highest BCUT2D eigenvalue weighted by molar-refractivity contribution is 5.29. The van der Waals surface area contributed by atoms with Crippen molar-refractivity contribution in [1.29, 1.82) is 0 Å². The number of benzene rings is 2. The van der Waals surface area contributed by atoms with Crippen LogP contribution >= 0.6 is 0 Å². The molecule has 0 unspecified atom stereocenters. The molecule has 3 N–H and O–H groups in total. The first kappa shape index (κ1) is 14.8. The molecule has 3 aromatic rings. The summed E-state index contributed by atoms with van der Waals surface area (Å²) >= 11 is 0. The molecular weight excluding hydrogens is 292 g/mol. The minimum Gasteiger partial charge on any atom is -0.489 e. The Labute approximate surface area is 134 Å². The molecule has 3 rings (SSSR count). The maximum atomic E-state index is 5.78. The average molecular weight is 310 g/mol. The summed E-state index contributed by atoms with van der Waals surface area (Å²) < 4.78 is 5.78. The van der Waals surface area contributed by atoms with Crippen LogP contribution in [-0.2, 0) is 13.2 Å². The van der Waals surface area contributed by atoms with E-state index < -0.39 is 0 Å². The van der Waals surface area contributed by atoms with Gasteiger partial charge in [-0.15, -0.1) is 4.79 Å². The third-order valence-electron chi connectivity index (χ3n) is 3.38. The summed E-state index contributed by atoms with van der Waals surface area (Å²) in [6, 6.07) is 16.2. The summed E-state index contributed by atoms with van der Waals surface area (Å²) in [6.45, 7) is 3.19. The van der Waals surface area contributed by atoms with Gasteiger partial charge in [0.1, 0.15) is 12.4 Å². The maximum absolute atomic E-state index is 5.78. The van der Waals surface area contributed by atoms with Crippen LogP contribution in [0.4, 0.5) is 5.95 Å². The lowest BCUT2D eigenvalue weighted by Gasteiger charge is -2.09. The van der Waals surface area contributed by atoms with Crippen LogP contribution in [0.1, 0.15) is 16.7 Å². The number of nitrogens with one attached hydrogen (secondary N) is 1. The molecular formula is C16H18N6O. The van der Waals surface area contributed by atoms with Crippen molar-refractivity contribution in [2.24, 2.45) is 0 Å². The second-order valence-electron chi connectivity index (χ2n) is 5.20. The minimum atomic E-state index is 0.225. The third kappa shape index (κ3) is 3.97. The van der Waals surface area contributed by atoms with Gasteiger partial charge in [0.2, 0.25) is 0 Å². The Bertz CT molecular complexity index is 751. The molecule has 0 saturated heterocycles. The number of nitrogen functional groups attached to an aromatic ring is 1. The van der Waals surface area contributed by atoms with Crippen molar-refractivity contribution in [2.75, 3.05) is 11.2 Å². The van der Waals surface area contributed by atoms with Gasteiger partial charge in [-0.2, -0.15) is 0 Å². The Morgan fingerprint density at radius 2 is 1.74 bits per heavy atom. The topological polar surface area (TPSA) is 90.9 Å². The number of nitrogens with zero attached hydrogens (tertiary/aromatic N) is 4. The molecule has 0 aliphatic heterocycles. The highest BCUT2D eigenvalue weighted by atomic mass is 16.5. The van der Waals surface area contributed by atoms with Crippen LogP contribution in [0.5, 0.6) is 5.75 Å². The molecule has 0 amide bonds. The van der Waals surface area contributed by atoms with E-state index in [1.807, 2.05) is 24.3 Å². The molecule has 2 aromatic carbocycles. The molecule has 23 heavy (non-hydrogen) atoms. The minimum absolute atomic E-state index is 0.225. The molecule has 0 fully saturated rings. The van der Waals surface area contributed by atoms with E-state index in [9.17, 15) is 0 Å². The van der Waals surface area contributed by atoms with Gasteiger partial charge in [-0.3, -0.25) is 0 Å². The van der Waals surface area contributed by atoms with Crippen molar-refractivity contribution in [1.82, 2.24) is 20.3 Å². The van der Waals surface area contributed by atoms with E-state index in [1.165, 1.54) is 10.4 Å². The van der Waals surface area contributed by atoms with E-state index in [0.717, 1.165) is 16.9 Å². The van der Waals surface area contributed by atoms with E-state index in [-0.39, 0.29) is 5.95 Å². The summed E-state index contributed by atoms with van der Waals surface area (Å²) in [7, 11) is 0. The zero-order valence-corrected chi connectivity index (χ0v) is 12.8. The number of aromatic nitrogens is 4. The summed E-state index contributed by atoms with van der Waals surface area (Å²) in [4.78, 5) is 1.34. The lowest BCUT2D eigenvalue weighted by atomic mass is 10.2. The molecule has 0 aliphatic carbocycles. The van der Waals surface area contributed by atoms with Gasteiger partial charge in [0.05, 0.1) is 6.54 Å². The smallest absolute Gasteiger partial charge is 0.260 e. The van der Waals surface area contributed by atoms with Crippen molar-refractivity contribution in [3.05, 3.63) is 65.2 Å². The molecule has 0 saturated carbocycles.